The molecule has 2 rings (SSSR count). The largest absolute Gasteiger partial charge is 0.493 e. The molecule has 0 saturated carbocycles. The second-order valence-electron chi connectivity index (χ2n) is 4.06. The van der Waals surface area contributed by atoms with E-state index >= 15 is 0 Å². The molecule has 0 fully saturated rings. The molecule has 0 radical (unpaired) electrons. The van der Waals surface area contributed by atoms with Crippen molar-refractivity contribution in [3.05, 3.63) is 57.8 Å². The van der Waals surface area contributed by atoms with E-state index in [-0.39, 0.29) is 12.4 Å². The maximum Gasteiger partial charge on any atom is 0.162 e. The van der Waals surface area contributed by atoms with Crippen molar-refractivity contribution >= 4 is 22.2 Å². The van der Waals surface area contributed by atoms with Gasteiger partial charge in [0.15, 0.2) is 17.8 Å². The number of carbonyl (C=O) groups is 1. The van der Waals surface area contributed by atoms with Crippen LogP contribution < -0.4 is 9.47 Å². The molecule has 0 saturated heterocycles. The van der Waals surface area contributed by atoms with Gasteiger partial charge in [-0.05, 0) is 45.8 Å². The van der Waals surface area contributed by atoms with Gasteiger partial charge >= 0.3 is 0 Å². The van der Waals surface area contributed by atoms with Crippen molar-refractivity contribution < 1.29 is 18.7 Å². The molecular weight excluding hydrogens is 327 g/mol. The van der Waals surface area contributed by atoms with Gasteiger partial charge in [-0.25, -0.2) is 4.39 Å². The predicted octanol–water partition coefficient (Wildman–Crippen LogP) is 3.99. The van der Waals surface area contributed by atoms with E-state index < -0.39 is 0 Å². The van der Waals surface area contributed by atoms with Crippen LogP contribution in [0.1, 0.15) is 15.9 Å². The van der Waals surface area contributed by atoms with Crippen molar-refractivity contribution in [2.45, 2.75) is 6.61 Å². The maximum atomic E-state index is 13.1. The van der Waals surface area contributed by atoms with E-state index in [0.717, 1.165) is 6.29 Å². The molecule has 0 heterocycles. The van der Waals surface area contributed by atoms with Gasteiger partial charge in [0.25, 0.3) is 0 Å². The predicted molar refractivity (Wildman–Crippen MR) is 76.8 cm³/mol. The van der Waals surface area contributed by atoms with Gasteiger partial charge in [0, 0.05) is 10.0 Å². The third-order valence-corrected chi connectivity index (χ3v) is 3.38. The topological polar surface area (TPSA) is 35.5 Å². The van der Waals surface area contributed by atoms with Gasteiger partial charge in [-0.2, -0.15) is 0 Å². The smallest absolute Gasteiger partial charge is 0.162 e. The normalized spacial score (nSPS) is 10.2. The first-order chi connectivity index (χ1) is 9.63. The summed E-state index contributed by atoms with van der Waals surface area (Å²) in [6.07, 6.45) is 0.725. The van der Waals surface area contributed by atoms with Crippen LogP contribution >= 0.6 is 15.9 Å². The molecule has 0 aliphatic heterocycles. The van der Waals surface area contributed by atoms with E-state index in [9.17, 15) is 9.18 Å². The average molecular weight is 339 g/mol. The Morgan fingerprint density at radius 3 is 2.70 bits per heavy atom. The quantitative estimate of drug-likeness (QED) is 0.773. The Bertz CT molecular complexity index is 629. The van der Waals surface area contributed by atoms with E-state index in [1.165, 1.54) is 19.2 Å². The molecule has 2 aromatic rings. The zero-order chi connectivity index (χ0) is 14.5. The molecular formula is C15H12BrFO3. The SMILES string of the molecule is COc1cc(C=O)c(Br)cc1OCc1cccc(F)c1. The van der Waals surface area contributed by atoms with Crippen LogP contribution in [0.2, 0.25) is 0 Å². The Hall–Kier alpha value is -1.88. The second-order valence-corrected chi connectivity index (χ2v) is 4.92. The van der Waals surface area contributed by atoms with Crippen molar-refractivity contribution in [1.82, 2.24) is 0 Å². The summed E-state index contributed by atoms with van der Waals surface area (Å²) in [6.45, 7) is 0.209. The Balaban J connectivity index is 2.20. The van der Waals surface area contributed by atoms with Crippen LogP contribution in [0.25, 0.3) is 0 Å². The molecule has 0 atom stereocenters. The molecule has 0 aliphatic rings. The van der Waals surface area contributed by atoms with Crippen molar-refractivity contribution in [2.24, 2.45) is 0 Å². The van der Waals surface area contributed by atoms with E-state index in [4.69, 9.17) is 9.47 Å². The summed E-state index contributed by atoms with van der Waals surface area (Å²) in [5, 5.41) is 0. The summed E-state index contributed by atoms with van der Waals surface area (Å²) in [4.78, 5) is 10.9. The molecule has 2 aromatic carbocycles. The van der Waals surface area contributed by atoms with Crippen molar-refractivity contribution in [3.8, 4) is 11.5 Å². The first kappa shape index (κ1) is 14.5. The van der Waals surface area contributed by atoms with Crippen LogP contribution in [-0.4, -0.2) is 13.4 Å². The number of rotatable bonds is 5. The monoisotopic (exact) mass is 338 g/mol. The minimum atomic E-state index is -0.310. The second kappa shape index (κ2) is 6.52. The van der Waals surface area contributed by atoms with Gasteiger partial charge in [-0.15, -0.1) is 0 Å². The number of hydrogen-bond acceptors (Lipinski definition) is 3. The highest BCUT2D eigenvalue weighted by atomic mass is 79.9. The average Bonchev–Trinajstić information content (AvgIpc) is 2.45. The molecule has 5 heteroatoms. The molecule has 104 valence electrons. The molecule has 0 spiro atoms. The zero-order valence-corrected chi connectivity index (χ0v) is 12.3. The lowest BCUT2D eigenvalue weighted by atomic mass is 10.2. The van der Waals surface area contributed by atoms with Crippen LogP contribution in [-0.2, 0) is 6.61 Å². The minimum absolute atomic E-state index is 0.209. The lowest BCUT2D eigenvalue weighted by Gasteiger charge is -2.12. The van der Waals surface area contributed by atoms with Crippen molar-refractivity contribution in [3.63, 3.8) is 0 Å². The Kier molecular flexibility index (Phi) is 4.74. The highest BCUT2D eigenvalue weighted by Gasteiger charge is 2.10. The number of carbonyl (C=O) groups excluding carboxylic acids is 1. The van der Waals surface area contributed by atoms with Crippen LogP contribution in [0.5, 0.6) is 11.5 Å². The lowest BCUT2D eigenvalue weighted by Crippen LogP contribution is -1.99. The summed E-state index contributed by atoms with van der Waals surface area (Å²) >= 11 is 3.28. The van der Waals surface area contributed by atoms with Crippen molar-refractivity contribution in [2.75, 3.05) is 7.11 Å². The van der Waals surface area contributed by atoms with Gasteiger partial charge in [0.1, 0.15) is 12.4 Å². The summed E-state index contributed by atoms with van der Waals surface area (Å²) in [5.74, 6) is 0.622. The Labute approximate surface area is 124 Å². The van der Waals surface area contributed by atoms with Crippen LogP contribution in [0.3, 0.4) is 0 Å². The number of ether oxygens (including phenoxy) is 2. The van der Waals surface area contributed by atoms with Gasteiger partial charge < -0.3 is 9.47 Å². The fraction of sp³-hybridized carbons (Fsp3) is 0.133. The molecule has 0 unspecified atom stereocenters. The summed E-state index contributed by atoms with van der Waals surface area (Å²) in [6, 6.07) is 9.40. The first-order valence-corrected chi connectivity index (χ1v) is 6.63. The van der Waals surface area contributed by atoms with Crippen LogP contribution in [0.15, 0.2) is 40.9 Å². The van der Waals surface area contributed by atoms with Crippen LogP contribution in [0, 0.1) is 5.82 Å². The molecule has 3 nitrogen and oxygen atoms in total. The molecule has 20 heavy (non-hydrogen) atoms. The fourth-order valence-electron chi connectivity index (χ4n) is 1.70. The molecule has 0 N–H and O–H groups in total. The number of halogens is 2. The Morgan fingerprint density at radius 1 is 1.25 bits per heavy atom. The van der Waals surface area contributed by atoms with Crippen molar-refractivity contribution in [1.29, 1.82) is 0 Å². The zero-order valence-electron chi connectivity index (χ0n) is 10.7. The molecule has 0 aromatic heterocycles. The third-order valence-electron chi connectivity index (χ3n) is 2.69. The van der Waals surface area contributed by atoms with Gasteiger partial charge in [0.05, 0.1) is 7.11 Å². The summed E-state index contributed by atoms with van der Waals surface area (Å²) in [7, 11) is 1.49. The standard InChI is InChI=1S/C15H12BrFO3/c1-19-14-6-11(8-18)13(16)7-15(14)20-9-10-3-2-4-12(17)5-10/h2-8H,9H2,1H3. The highest BCUT2D eigenvalue weighted by molar-refractivity contribution is 9.10. The number of methoxy groups -OCH3 is 1. The summed E-state index contributed by atoms with van der Waals surface area (Å²) < 4.78 is 24.5. The van der Waals surface area contributed by atoms with E-state index in [2.05, 4.69) is 15.9 Å². The number of aldehydes is 1. The number of hydrogen-bond donors (Lipinski definition) is 0. The summed E-state index contributed by atoms with van der Waals surface area (Å²) in [5.41, 5.74) is 1.18. The fourth-order valence-corrected chi connectivity index (χ4v) is 2.12. The Morgan fingerprint density at radius 2 is 2.05 bits per heavy atom. The molecule has 0 aliphatic carbocycles. The first-order valence-electron chi connectivity index (χ1n) is 5.84. The van der Waals surface area contributed by atoms with E-state index in [0.29, 0.717) is 27.1 Å². The van der Waals surface area contributed by atoms with Gasteiger partial charge in [-0.1, -0.05) is 12.1 Å². The molecule has 0 amide bonds. The number of benzene rings is 2. The third kappa shape index (κ3) is 3.36. The lowest BCUT2D eigenvalue weighted by molar-refractivity contribution is 0.112. The minimum Gasteiger partial charge on any atom is -0.493 e. The van der Waals surface area contributed by atoms with Gasteiger partial charge in [0.2, 0.25) is 0 Å². The van der Waals surface area contributed by atoms with E-state index in [1.54, 1.807) is 24.3 Å². The highest BCUT2D eigenvalue weighted by Crippen LogP contribution is 2.33. The maximum absolute atomic E-state index is 13.1. The van der Waals surface area contributed by atoms with Crippen LogP contribution in [0.4, 0.5) is 4.39 Å². The van der Waals surface area contributed by atoms with Gasteiger partial charge in [-0.3, -0.25) is 4.79 Å². The molecule has 0 bridgehead atoms. The van der Waals surface area contributed by atoms with E-state index in [1.807, 2.05) is 0 Å².